The maximum absolute atomic E-state index is 5.18. The third-order valence-electron chi connectivity index (χ3n) is 1.90. The van der Waals surface area contributed by atoms with Gasteiger partial charge in [-0.15, -0.1) is 0 Å². The highest BCUT2D eigenvalue weighted by Gasteiger charge is 2.05. The Labute approximate surface area is 81.3 Å². The van der Waals surface area contributed by atoms with Gasteiger partial charge in [0.2, 0.25) is 0 Å². The summed E-state index contributed by atoms with van der Waals surface area (Å²) >= 11 is 5.18. The van der Waals surface area contributed by atoms with E-state index >= 15 is 0 Å². The van der Waals surface area contributed by atoms with Crippen LogP contribution in [0, 0.1) is 0 Å². The monoisotopic (exact) mass is 188 g/mol. The van der Waals surface area contributed by atoms with Crippen LogP contribution in [0.4, 0.5) is 0 Å². The normalized spacial score (nSPS) is 10.1. The van der Waals surface area contributed by atoms with Gasteiger partial charge in [0.15, 0.2) is 5.11 Å². The minimum absolute atomic E-state index is 0.478. The van der Waals surface area contributed by atoms with E-state index in [-0.39, 0.29) is 0 Å². The number of rotatable bonds is 4. The maximum Gasteiger partial charge on any atom is 0.168 e. The van der Waals surface area contributed by atoms with Gasteiger partial charge >= 0.3 is 0 Å². The summed E-state index contributed by atoms with van der Waals surface area (Å²) in [6.07, 6.45) is 2.40. The fourth-order valence-corrected chi connectivity index (χ4v) is 1.04. The topological polar surface area (TPSA) is 15.3 Å². The van der Waals surface area contributed by atoms with Gasteiger partial charge in [-0.1, -0.05) is 13.3 Å². The predicted molar refractivity (Wildman–Crippen MR) is 58.4 cm³/mol. The molecule has 0 fully saturated rings. The zero-order valence-electron chi connectivity index (χ0n) is 8.55. The minimum atomic E-state index is 0.478. The van der Waals surface area contributed by atoms with Gasteiger partial charge in [-0.25, -0.2) is 0 Å². The van der Waals surface area contributed by atoms with Crippen LogP contribution in [0.15, 0.2) is 0 Å². The van der Waals surface area contributed by atoms with E-state index in [1.807, 2.05) is 7.05 Å². The number of thiocarbonyl (C=S) groups is 1. The van der Waals surface area contributed by atoms with Crippen LogP contribution in [0.3, 0.4) is 0 Å². The van der Waals surface area contributed by atoms with Gasteiger partial charge in [0.25, 0.3) is 0 Å². The lowest BCUT2D eigenvalue weighted by atomic mass is 10.3. The van der Waals surface area contributed by atoms with Crippen molar-refractivity contribution in [2.45, 2.75) is 39.7 Å². The first kappa shape index (κ1) is 11.7. The molecule has 0 aromatic carbocycles. The second kappa shape index (κ2) is 6.23. The molecule has 72 valence electrons. The fourth-order valence-electron chi connectivity index (χ4n) is 0.731. The maximum atomic E-state index is 5.18. The number of unbranched alkanes of at least 4 members (excludes halogenated alkanes) is 1. The van der Waals surface area contributed by atoms with Gasteiger partial charge in [0.1, 0.15) is 0 Å². The van der Waals surface area contributed by atoms with Crippen molar-refractivity contribution in [1.29, 1.82) is 0 Å². The summed E-state index contributed by atoms with van der Waals surface area (Å²) in [6, 6.07) is 0.478. The minimum Gasteiger partial charge on any atom is -0.363 e. The van der Waals surface area contributed by atoms with Crippen LogP contribution in [0.2, 0.25) is 0 Å². The van der Waals surface area contributed by atoms with Crippen molar-refractivity contribution in [1.82, 2.24) is 10.2 Å². The summed E-state index contributed by atoms with van der Waals surface area (Å²) in [5, 5.41) is 4.08. The van der Waals surface area contributed by atoms with E-state index in [1.54, 1.807) is 0 Å². The molecule has 2 nitrogen and oxygen atoms in total. The van der Waals surface area contributed by atoms with Crippen LogP contribution in [0.5, 0.6) is 0 Å². The molecule has 0 saturated heterocycles. The van der Waals surface area contributed by atoms with Crippen molar-refractivity contribution in [3.05, 3.63) is 0 Å². The summed E-state index contributed by atoms with van der Waals surface area (Å²) in [5.74, 6) is 0. The lowest BCUT2D eigenvalue weighted by Crippen LogP contribution is -2.41. The summed E-state index contributed by atoms with van der Waals surface area (Å²) in [7, 11) is 2.02. The molecule has 0 aliphatic heterocycles. The van der Waals surface area contributed by atoms with Gasteiger partial charge in [-0.3, -0.25) is 0 Å². The van der Waals surface area contributed by atoms with E-state index in [0.717, 1.165) is 11.7 Å². The molecule has 1 N–H and O–H groups in total. The number of hydrogen-bond donors (Lipinski definition) is 1. The van der Waals surface area contributed by atoms with Crippen LogP contribution >= 0.6 is 12.2 Å². The Morgan fingerprint density at radius 2 is 2.08 bits per heavy atom. The first-order valence-corrected chi connectivity index (χ1v) is 5.01. The van der Waals surface area contributed by atoms with Gasteiger partial charge in [-0.2, -0.15) is 0 Å². The van der Waals surface area contributed by atoms with Crippen molar-refractivity contribution >= 4 is 17.3 Å². The summed E-state index contributed by atoms with van der Waals surface area (Å²) < 4.78 is 0. The molecule has 0 radical (unpaired) electrons. The molecular weight excluding hydrogens is 168 g/mol. The molecule has 0 saturated carbocycles. The molecule has 0 bridgehead atoms. The molecule has 0 atom stereocenters. The van der Waals surface area contributed by atoms with Crippen molar-refractivity contribution in [2.75, 3.05) is 13.6 Å². The number of nitrogens with zero attached hydrogens (tertiary/aromatic N) is 1. The molecule has 0 rings (SSSR count). The molecule has 0 spiro atoms. The van der Waals surface area contributed by atoms with Crippen LogP contribution in [0.25, 0.3) is 0 Å². The molecule has 0 aliphatic carbocycles. The first-order valence-electron chi connectivity index (χ1n) is 4.60. The lowest BCUT2D eigenvalue weighted by Gasteiger charge is -2.24. The third kappa shape index (κ3) is 4.54. The second-order valence-electron chi connectivity index (χ2n) is 3.29. The largest absolute Gasteiger partial charge is 0.363 e. The lowest BCUT2D eigenvalue weighted by molar-refractivity contribution is 0.410. The zero-order chi connectivity index (χ0) is 9.56. The Morgan fingerprint density at radius 3 is 2.50 bits per heavy atom. The van der Waals surface area contributed by atoms with E-state index in [1.165, 1.54) is 12.8 Å². The Morgan fingerprint density at radius 1 is 1.50 bits per heavy atom. The van der Waals surface area contributed by atoms with Gasteiger partial charge in [-0.05, 0) is 32.5 Å². The molecule has 0 unspecified atom stereocenters. The van der Waals surface area contributed by atoms with E-state index in [4.69, 9.17) is 12.2 Å². The van der Waals surface area contributed by atoms with E-state index in [2.05, 4.69) is 31.0 Å². The standard InChI is InChI=1S/C9H20N2S/c1-5-6-7-10-9(12)11(4)8(2)3/h8H,5-7H2,1-4H3,(H,10,12). The quantitative estimate of drug-likeness (QED) is 0.536. The van der Waals surface area contributed by atoms with Crippen LogP contribution in [-0.4, -0.2) is 29.6 Å². The van der Waals surface area contributed by atoms with Gasteiger partial charge in [0.05, 0.1) is 0 Å². The second-order valence-corrected chi connectivity index (χ2v) is 3.68. The SMILES string of the molecule is CCCCNC(=S)N(C)C(C)C. The molecule has 0 heterocycles. The smallest absolute Gasteiger partial charge is 0.168 e. The van der Waals surface area contributed by atoms with Crippen LogP contribution in [-0.2, 0) is 0 Å². The Kier molecular flexibility index (Phi) is 6.07. The van der Waals surface area contributed by atoms with E-state index in [0.29, 0.717) is 6.04 Å². The molecule has 12 heavy (non-hydrogen) atoms. The van der Waals surface area contributed by atoms with Crippen LogP contribution in [0.1, 0.15) is 33.6 Å². The first-order chi connectivity index (χ1) is 5.59. The van der Waals surface area contributed by atoms with Crippen molar-refractivity contribution < 1.29 is 0 Å². The Hall–Kier alpha value is -0.310. The summed E-state index contributed by atoms with van der Waals surface area (Å²) in [4.78, 5) is 2.07. The molecule has 0 aliphatic rings. The highest BCUT2D eigenvalue weighted by molar-refractivity contribution is 7.80. The molecule has 0 aromatic heterocycles. The molecule has 3 heteroatoms. The average molecular weight is 188 g/mol. The van der Waals surface area contributed by atoms with E-state index in [9.17, 15) is 0 Å². The van der Waals surface area contributed by atoms with Crippen molar-refractivity contribution in [2.24, 2.45) is 0 Å². The predicted octanol–water partition coefficient (Wildman–Crippen LogP) is 2.00. The van der Waals surface area contributed by atoms with Crippen molar-refractivity contribution in [3.8, 4) is 0 Å². The van der Waals surface area contributed by atoms with Crippen LogP contribution < -0.4 is 5.32 Å². The molecule has 0 aromatic rings. The van der Waals surface area contributed by atoms with Gasteiger partial charge in [0, 0.05) is 19.6 Å². The summed E-state index contributed by atoms with van der Waals surface area (Å²) in [5.41, 5.74) is 0. The molecule has 0 amide bonds. The highest BCUT2D eigenvalue weighted by Crippen LogP contribution is 1.94. The number of nitrogens with one attached hydrogen (secondary N) is 1. The third-order valence-corrected chi connectivity index (χ3v) is 2.33. The number of hydrogen-bond acceptors (Lipinski definition) is 1. The highest BCUT2D eigenvalue weighted by atomic mass is 32.1. The van der Waals surface area contributed by atoms with E-state index < -0.39 is 0 Å². The molecular formula is C9H20N2S. The Bertz CT molecular complexity index is 134. The van der Waals surface area contributed by atoms with Crippen molar-refractivity contribution in [3.63, 3.8) is 0 Å². The summed E-state index contributed by atoms with van der Waals surface area (Å²) in [6.45, 7) is 7.44. The fraction of sp³-hybridized carbons (Fsp3) is 0.889. The zero-order valence-corrected chi connectivity index (χ0v) is 9.37. The Balaban J connectivity index is 3.57. The average Bonchev–Trinajstić information content (AvgIpc) is 2.03. The van der Waals surface area contributed by atoms with Gasteiger partial charge < -0.3 is 10.2 Å².